The van der Waals surface area contributed by atoms with Gasteiger partial charge in [-0.2, -0.15) is 0 Å². The fourth-order valence-corrected chi connectivity index (χ4v) is 3.37. The van der Waals surface area contributed by atoms with Crippen LogP contribution in [0.4, 0.5) is 0 Å². The van der Waals surface area contributed by atoms with E-state index < -0.39 is 0 Å². The molecular weight excluding hydrogens is 296 g/mol. The second-order valence-corrected chi connectivity index (χ2v) is 5.88. The largest absolute Gasteiger partial charge is 0.316 e. The van der Waals surface area contributed by atoms with Crippen LogP contribution in [-0.4, -0.2) is 40.5 Å². The molecule has 3 heterocycles. The van der Waals surface area contributed by atoms with Gasteiger partial charge in [0.05, 0.1) is 5.69 Å². The van der Waals surface area contributed by atoms with Crippen LogP contribution in [0.3, 0.4) is 0 Å². The summed E-state index contributed by atoms with van der Waals surface area (Å²) in [4.78, 5) is 19.6. The van der Waals surface area contributed by atoms with E-state index in [9.17, 15) is 4.79 Å². The number of nitrogens with zero attached hydrogens (tertiary/aromatic N) is 3. The number of hydrogen-bond acceptors (Lipinski definition) is 5. The molecule has 110 valence electrons. The molecule has 0 radical (unpaired) electrons. The van der Waals surface area contributed by atoms with E-state index in [4.69, 9.17) is 0 Å². The van der Waals surface area contributed by atoms with Crippen LogP contribution >= 0.6 is 23.7 Å². The van der Waals surface area contributed by atoms with E-state index in [0.29, 0.717) is 6.04 Å². The summed E-state index contributed by atoms with van der Waals surface area (Å²) in [5.41, 5.74) is 0.896. The molecule has 1 atom stereocenters. The summed E-state index contributed by atoms with van der Waals surface area (Å²) in [5.74, 6) is 0. The lowest BCUT2D eigenvalue weighted by Crippen LogP contribution is -2.44. The predicted molar refractivity (Wildman–Crippen MR) is 83.9 cm³/mol. The van der Waals surface area contributed by atoms with E-state index in [1.54, 1.807) is 16.7 Å². The first-order valence-corrected chi connectivity index (χ1v) is 7.49. The molecule has 1 N–H and O–H groups in total. The predicted octanol–water partition coefficient (Wildman–Crippen LogP) is 1.36. The highest BCUT2D eigenvalue weighted by molar-refractivity contribution is 7.15. The topological polar surface area (TPSA) is 49.6 Å². The first-order valence-electron chi connectivity index (χ1n) is 6.61. The van der Waals surface area contributed by atoms with E-state index in [1.807, 2.05) is 12.4 Å². The lowest BCUT2D eigenvalue weighted by atomic mass is 10.1. The number of piperidine rings is 1. The third-order valence-electron chi connectivity index (χ3n) is 3.66. The van der Waals surface area contributed by atoms with Crippen molar-refractivity contribution < 1.29 is 0 Å². The molecule has 1 aliphatic heterocycles. The first-order chi connectivity index (χ1) is 9.26. The molecule has 3 rings (SSSR count). The van der Waals surface area contributed by atoms with E-state index in [0.717, 1.165) is 30.3 Å². The number of aromatic nitrogens is 2. The molecule has 1 saturated heterocycles. The number of rotatable bonds is 3. The van der Waals surface area contributed by atoms with E-state index in [2.05, 4.69) is 15.2 Å². The minimum absolute atomic E-state index is 0. The van der Waals surface area contributed by atoms with Crippen LogP contribution in [0.15, 0.2) is 22.4 Å². The molecule has 2 aromatic rings. The van der Waals surface area contributed by atoms with Crippen LogP contribution in [0.5, 0.6) is 0 Å². The molecule has 0 bridgehead atoms. The molecule has 0 amide bonds. The molecule has 7 heteroatoms. The van der Waals surface area contributed by atoms with Crippen LogP contribution in [0, 0.1) is 0 Å². The second-order valence-electron chi connectivity index (χ2n) is 5.00. The molecule has 1 fully saturated rings. The fourth-order valence-electron chi connectivity index (χ4n) is 2.63. The molecule has 0 aliphatic carbocycles. The number of hydrogen-bond donors (Lipinski definition) is 1. The molecular formula is C13H19ClN4OS. The van der Waals surface area contributed by atoms with Crippen molar-refractivity contribution in [2.24, 2.45) is 0 Å². The highest BCUT2D eigenvalue weighted by Gasteiger charge is 2.19. The Kier molecular flexibility index (Phi) is 5.15. The average Bonchev–Trinajstić information content (AvgIpc) is 2.88. The summed E-state index contributed by atoms with van der Waals surface area (Å²) in [6.07, 6.45) is 4.20. The number of fused-ring (bicyclic) bond motifs is 1. The zero-order valence-corrected chi connectivity index (χ0v) is 13.0. The monoisotopic (exact) mass is 314 g/mol. The summed E-state index contributed by atoms with van der Waals surface area (Å²) in [6.45, 7) is 2.88. The molecule has 20 heavy (non-hydrogen) atoms. The standard InChI is InChI=1S/C13H18N4OS.ClH/c1-14-10-3-2-4-16(8-10)9-11-7-12(18)17-5-6-19-13(17)15-11;/h5-7,10,14H,2-4,8-9H2,1H3;1H. The molecule has 0 aromatic carbocycles. The fraction of sp³-hybridized carbons (Fsp3) is 0.538. The Bertz CT molecular complexity index is 626. The normalized spacial score (nSPS) is 19.9. The molecule has 2 aromatic heterocycles. The number of likely N-dealkylation sites (N-methyl/N-ethyl adjacent to an activating group) is 1. The van der Waals surface area contributed by atoms with Gasteiger partial charge in [0, 0.05) is 36.8 Å². The van der Waals surface area contributed by atoms with Gasteiger partial charge in [-0.05, 0) is 26.4 Å². The molecule has 1 unspecified atom stereocenters. The number of halogens is 1. The van der Waals surface area contributed by atoms with Crippen molar-refractivity contribution in [3.63, 3.8) is 0 Å². The highest BCUT2D eigenvalue weighted by atomic mass is 35.5. The lowest BCUT2D eigenvalue weighted by molar-refractivity contribution is 0.186. The maximum atomic E-state index is 11.9. The maximum Gasteiger partial charge on any atom is 0.258 e. The third-order valence-corrected chi connectivity index (χ3v) is 4.41. The lowest BCUT2D eigenvalue weighted by Gasteiger charge is -2.32. The van der Waals surface area contributed by atoms with E-state index >= 15 is 0 Å². The van der Waals surface area contributed by atoms with Gasteiger partial charge in [0.2, 0.25) is 0 Å². The van der Waals surface area contributed by atoms with Crippen LogP contribution < -0.4 is 10.9 Å². The van der Waals surface area contributed by atoms with Crippen molar-refractivity contribution in [3.05, 3.63) is 33.7 Å². The van der Waals surface area contributed by atoms with Gasteiger partial charge in [-0.3, -0.25) is 14.1 Å². The van der Waals surface area contributed by atoms with Gasteiger partial charge in [-0.15, -0.1) is 23.7 Å². The Hall–Kier alpha value is -0.950. The van der Waals surface area contributed by atoms with Gasteiger partial charge in [0.15, 0.2) is 4.96 Å². The van der Waals surface area contributed by atoms with Crippen LogP contribution in [-0.2, 0) is 6.54 Å². The van der Waals surface area contributed by atoms with Gasteiger partial charge in [-0.25, -0.2) is 4.98 Å². The summed E-state index contributed by atoms with van der Waals surface area (Å²) in [5, 5.41) is 5.22. The van der Waals surface area contributed by atoms with E-state index in [-0.39, 0.29) is 18.0 Å². The van der Waals surface area contributed by atoms with E-state index in [1.165, 1.54) is 24.2 Å². The Morgan fingerprint density at radius 3 is 3.20 bits per heavy atom. The van der Waals surface area contributed by atoms with Crippen molar-refractivity contribution in [1.82, 2.24) is 19.6 Å². The van der Waals surface area contributed by atoms with Crippen molar-refractivity contribution in [3.8, 4) is 0 Å². The van der Waals surface area contributed by atoms with Gasteiger partial charge in [0.1, 0.15) is 0 Å². The zero-order valence-electron chi connectivity index (χ0n) is 11.4. The molecule has 0 spiro atoms. The Balaban J connectivity index is 0.00000147. The molecule has 1 aliphatic rings. The van der Waals surface area contributed by atoms with Crippen molar-refractivity contribution in [2.45, 2.75) is 25.4 Å². The van der Waals surface area contributed by atoms with Crippen LogP contribution in [0.25, 0.3) is 4.96 Å². The van der Waals surface area contributed by atoms with Crippen LogP contribution in [0.1, 0.15) is 18.5 Å². The van der Waals surface area contributed by atoms with Gasteiger partial charge < -0.3 is 5.32 Å². The molecule has 0 saturated carbocycles. The van der Waals surface area contributed by atoms with Crippen LogP contribution in [0.2, 0.25) is 0 Å². The van der Waals surface area contributed by atoms with Crippen molar-refractivity contribution in [2.75, 3.05) is 20.1 Å². The maximum absolute atomic E-state index is 11.9. The number of likely N-dealkylation sites (tertiary alicyclic amines) is 1. The Labute approximate surface area is 128 Å². The quantitative estimate of drug-likeness (QED) is 0.929. The number of thiazole rings is 1. The SMILES string of the molecule is CNC1CCCN(Cc2cc(=O)n3ccsc3n2)C1.Cl. The summed E-state index contributed by atoms with van der Waals surface area (Å²) >= 11 is 1.50. The summed E-state index contributed by atoms with van der Waals surface area (Å²) in [7, 11) is 2.01. The first kappa shape index (κ1) is 15.4. The summed E-state index contributed by atoms with van der Waals surface area (Å²) in [6, 6.07) is 2.21. The van der Waals surface area contributed by atoms with Gasteiger partial charge in [-0.1, -0.05) is 0 Å². The minimum Gasteiger partial charge on any atom is -0.316 e. The Morgan fingerprint density at radius 1 is 1.55 bits per heavy atom. The Morgan fingerprint density at radius 2 is 2.40 bits per heavy atom. The second kappa shape index (κ2) is 6.67. The third kappa shape index (κ3) is 3.20. The van der Waals surface area contributed by atoms with Gasteiger partial charge in [0.25, 0.3) is 5.56 Å². The minimum atomic E-state index is 0. The number of nitrogens with one attached hydrogen (secondary N) is 1. The summed E-state index contributed by atoms with van der Waals surface area (Å²) < 4.78 is 1.60. The van der Waals surface area contributed by atoms with Gasteiger partial charge >= 0.3 is 0 Å². The van der Waals surface area contributed by atoms with Crippen molar-refractivity contribution in [1.29, 1.82) is 0 Å². The average molecular weight is 315 g/mol. The van der Waals surface area contributed by atoms with Crippen molar-refractivity contribution >= 4 is 28.7 Å². The smallest absolute Gasteiger partial charge is 0.258 e. The zero-order chi connectivity index (χ0) is 13.2. The highest BCUT2D eigenvalue weighted by Crippen LogP contribution is 2.13. The molecule has 5 nitrogen and oxygen atoms in total.